The molecular formula is C17H28IN3O2. The molecule has 5 nitrogen and oxygen atoms in total. The number of nitrogens with zero attached hydrogens (tertiary/aromatic N) is 1. The van der Waals surface area contributed by atoms with E-state index in [0.29, 0.717) is 19.0 Å². The number of methoxy groups -OCH3 is 1. The van der Waals surface area contributed by atoms with Crippen LogP contribution in [0.4, 0.5) is 0 Å². The van der Waals surface area contributed by atoms with E-state index in [4.69, 9.17) is 4.74 Å². The van der Waals surface area contributed by atoms with E-state index in [1.165, 1.54) is 18.2 Å². The van der Waals surface area contributed by atoms with E-state index in [0.717, 1.165) is 13.0 Å². The second kappa shape index (κ2) is 12.2. The third-order valence-corrected chi connectivity index (χ3v) is 3.43. The summed E-state index contributed by atoms with van der Waals surface area (Å²) in [6, 6.07) is 8.31. The quantitative estimate of drug-likeness (QED) is 0.301. The summed E-state index contributed by atoms with van der Waals surface area (Å²) >= 11 is 0. The Kier molecular flexibility index (Phi) is 11.5. The zero-order valence-corrected chi connectivity index (χ0v) is 16.7. The summed E-state index contributed by atoms with van der Waals surface area (Å²) in [4.78, 5) is 16.0. The fourth-order valence-corrected chi connectivity index (χ4v) is 2.10. The molecular weight excluding hydrogens is 405 g/mol. The number of guanidine groups is 1. The second-order valence-corrected chi connectivity index (χ2v) is 5.12. The Morgan fingerprint density at radius 3 is 2.43 bits per heavy atom. The molecule has 0 saturated heterocycles. The molecule has 23 heavy (non-hydrogen) atoms. The van der Waals surface area contributed by atoms with Gasteiger partial charge in [0.1, 0.15) is 0 Å². The molecule has 0 spiro atoms. The number of hydrogen-bond donors (Lipinski definition) is 2. The molecule has 0 aromatic heterocycles. The summed E-state index contributed by atoms with van der Waals surface area (Å²) in [5.74, 6) is 0.278. The van der Waals surface area contributed by atoms with Gasteiger partial charge in [-0.2, -0.15) is 0 Å². The van der Waals surface area contributed by atoms with Gasteiger partial charge in [-0.05, 0) is 24.5 Å². The van der Waals surface area contributed by atoms with E-state index in [1.54, 1.807) is 0 Å². The number of esters is 1. The van der Waals surface area contributed by atoms with E-state index >= 15 is 0 Å². The maximum atomic E-state index is 11.4. The molecule has 0 aliphatic carbocycles. The van der Waals surface area contributed by atoms with E-state index in [-0.39, 0.29) is 35.9 Å². The topological polar surface area (TPSA) is 62.7 Å². The number of aliphatic imine (C=N–C) groups is 1. The van der Waals surface area contributed by atoms with Crippen molar-refractivity contribution in [2.45, 2.75) is 33.7 Å². The van der Waals surface area contributed by atoms with Crippen LogP contribution in [-0.2, 0) is 22.5 Å². The van der Waals surface area contributed by atoms with Crippen molar-refractivity contribution in [1.29, 1.82) is 0 Å². The van der Waals surface area contributed by atoms with Gasteiger partial charge in [0.25, 0.3) is 0 Å². The molecule has 130 valence electrons. The lowest BCUT2D eigenvalue weighted by Crippen LogP contribution is -2.40. The number of carbonyl (C=O) groups is 1. The standard InChI is InChI=1S/C17H27N3O2.HI/c1-5-14-9-7-8-10-15(14)12-20-17(18-6-2)19-11-13(3)16(21)22-4;/h7-10,13H,5-6,11-12H2,1-4H3,(H2,18,19,20);1H. The van der Waals surface area contributed by atoms with E-state index in [9.17, 15) is 4.79 Å². The van der Waals surface area contributed by atoms with Gasteiger partial charge in [0.05, 0.1) is 19.6 Å². The first-order valence-corrected chi connectivity index (χ1v) is 7.79. The van der Waals surface area contributed by atoms with Crippen LogP contribution in [0.5, 0.6) is 0 Å². The molecule has 1 aromatic rings. The van der Waals surface area contributed by atoms with Gasteiger partial charge in [-0.25, -0.2) is 4.99 Å². The van der Waals surface area contributed by atoms with Gasteiger partial charge >= 0.3 is 5.97 Å². The van der Waals surface area contributed by atoms with Crippen molar-refractivity contribution in [2.24, 2.45) is 10.9 Å². The number of rotatable bonds is 7. The number of halogens is 1. The van der Waals surface area contributed by atoms with Crippen LogP contribution in [0.1, 0.15) is 31.9 Å². The molecule has 1 unspecified atom stereocenters. The minimum Gasteiger partial charge on any atom is -0.469 e. The van der Waals surface area contributed by atoms with Crippen molar-refractivity contribution in [3.63, 3.8) is 0 Å². The molecule has 0 aliphatic rings. The maximum absolute atomic E-state index is 11.4. The van der Waals surface area contributed by atoms with Gasteiger partial charge in [0.15, 0.2) is 5.96 Å². The van der Waals surface area contributed by atoms with Crippen LogP contribution in [0.25, 0.3) is 0 Å². The highest BCUT2D eigenvalue weighted by Gasteiger charge is 2.13. The summed E-state index contributed by atoms with van der Waals surface area (Å²) in [7, 11) is 1.40. The number of hydrogen-bond acceptors (Lipinski definition) is 3. The van der Waals surface area contributed by atoms with Crippen molar-refractivity contribution in [3.05, 3.63) is 35.4 Å². The van der Waals surface area contributed by atoms with Gasteiger partial charge in [-0.15, -0.1) is 24.0 Å². The predicted molar refractivity (Wildman–Crippen MR) is 105 cm³/mol. The van der Waals surface area contributed by atoms with E-state index in [1.807, 2.05) is 26.0 Å². The van der Waals surface area contributed by atoms with Crippen LogP contribution in [0.3, 0.4) is 0 Å². The highest BCUT2D eigenvalue weighted by Crippen LogP contribution is 2.10. The van der Waals surface area contributed by atoms with Gasteiger partial charge in [-0.1, -0.05) is 38.1 Å². The minimum atomic E-state index is -0.223. The van der Waals surface area contributed by atoms with Crippen LogP contribution in [-0.4, -0.2) is 32.1 Å². The number of aryl methyl sites for hydroxylation is 1. The number of nitrogens with one attached hydrogen (secondary N) is 2. The zero-order chi connectivity index (χ0) is 16.4. The molecule has 0 radical (unpaired) electrons. The van der Waals surface area contributed by atoms with Crippen LogP contribution in [0, 0.1) is 5.92 Å². The first-order valence-electron chi connectivity index (χ1n) is 7.79. The highest BCUT2D eigenvalue weighted by atomic mass is 127. The normalized spacial score (nSPS) is 12.1. The highest BCUT2D eigenvalue weighted by molar-refractivity contribution is 14.0. The molecule has 1 rings (SSSR count). The lowest BCUT2D eigenvalue weighted by atomic mass is 10.1. The fourth-order valence-electron chi connectivity index (χ4n) is 2.10. The average molecular weight is 433 g/mol. The third-order valence-electron chi connectivity index (χ3n) is 3.43. The van der Waals surface area contributed by atoms with Crippen molar-refractivity contribution in [1.82, 2.24) is 10.6 Å². The van der Waals surface area contributed by atoms with E-state index < -0.39 is 0 Å². The monoisotopic (exact) mass is 433 g/mol. The Labute approximate surface area is 156 Å². The van der Waals surface area contributed by atoms with Gasteiger partial charge in [0.2, 0.25) is 0 Å². The first kappa shape index (κ1) is 21.7. The second-order valence-electron chi connectivity index (χ2n) is 5.12. The molecule has 1 aromatic carbocycles. The fraction of sp³-hybridized carbons (Fsp3) is 0.529. The smallest absolute Gasteiger partial charge is 0.310 e. The van der Waals surface area contributed by atoms with Crippen molar-refractivity contribution in [2.75, 3.05) is 20.2 Å². The summed E-state index contributed by atoms with van der Waals surface area (Å²) in [5.41, 5.74) is 2.54. The van der Waals surface area contributed by atoms with Gasteiger partial charge in [-0.3, -0.25) is 4.79 Å². The summed E-state index contributed by atoms with van der Waals surface area (Å²) in [6.45, 7) is 7.87. The third kappa shape index (κ3) is 7.67. The summed E-state index contributed by atoms with van der Waals surface area (Å²) in [5, 5.41) is 6.37. The maximum Gasteiger partial charge on any atom is 0.310 e. The Bertz CT molecular complexity index is 506. The average Bonchev–Trinajstić information content (AvgIpc) is 2.56. The number of ether oxygens (including phenoxy) is 1. The van der Waals surface area contributed by atoms with Crippen molar-refractivity contribution in [3.8, 4) is 0 Å². The van der Waals surface area contributed by atoms with Crippen molar-refractivity contribution < 1.29 is 9.53 Å². The largest absolute Gasteiger partial charge is 0.469 e. The Morgan fingerprint density at radius 2 is 1.87 bits per heavy atom. The molecule has 0 bridgehead atoms. The lowest BCUT2D eigenvalue weighted by molar-refractivity contribution is -0.144. The lowest BCUT2D eigenvalue weighted by Gasteiger charge is -2.14. The summed E-state index contributed by atoms with van der Waals surface area (Å²) < 4.78 is 4.72. The molecule has 0 fully saturated rings. The van der Waals surface area contributed by atoms with Crippen LogP contribution < -0.4 is 10.6 Å². The molecule has 0 aliphatic heterocycles. The summed E-state index contributed by atoms with van der Waals surface area (Å²) in [6.07, 6.45) is 0.995. The molecule has 1 atom stereocenters. The SMILES string of the molecule is CCNC(=NCc1ccccc1CC)NCC(C)C(=O)OC.I. The molecule has 6 heteroatoms. The number of carbonyl (C=O) groups excluding carboxylic acids is 1. The molecule has 0 amide bonds. The Balaban J connectivity index is 0.00000484. The molecule has 0 heterocycles. The molecule has 0 saturated carbocycles. The number of benzene rings is 1. The molecule has 2 N–H and O–H groups in total. The van der Waals surface area contributed by atoms with Crippen LogP contribution in [0.2, 0.25) is 0 Å². The van der Waals surface area contributed by atoms with Crippen molar-refractivity contribution >= 4 is 35.9 Å². The predicted octanol–water partition coefficient (Wildman–Crippen LogP) is 2.73. The van der Waals surface area contributed by atoms with Crippen LogP contribution >= 0.6 is 24.0 Å². The Morgan fingerprint density at radius 1 is 1.22 bits per heavy atom. The van der Waals surface area contributed by atoms with Crippen LogP contribution in [0.15, 0.2) is 29.3 Å². The Hall–Kier alpha value is -1.31. The van der Waals surface area contributed by atoms with Gasteiger partial charge < -0.3 is 15.4 Å². The van der Waals surface area contributed by atoms with Gasteiger partial charge in [0, 0.05) is 13.1 Å². The zero-order valence-electron chi connectivity index (χ0n) is 14.4. The van der Waals surface area contributed by atoms with E-state index in [2.05, 4.69) is 34.7 Å². The minimum absolute atomic E-state index is 0. The first-order chi connectivity index (χ1) is 10.6.